The van der Waals surface area contributed by atoms with Crippen molar-refractivity contribution < 1.29 is 14.3 Å². The third kappa shape index (κ3) is 3.15. The molecule has 26 heavy (non-hydrogen) atoms. The van der Waals surface area contributed by atoms with Crippen molar-refractivity contribution in [1.29, 1.82) is 0 Å². The fourth-order valence-electron chi connectivity index (χ4n) is 3.69. The van der Waals surface area contributed by atoms with E-state index < -0.39 is 5.97 Å². The molecule has 2 N–H and O–H groups in total. The van der Waals surface area contributed by atoms with Gasteiger partial charge in [-0.15, -0.1) is 0 Å². The van der Waals surface area contributed by atoms with Crippen molar-refractivity contribution in [2.45, 2.75) is 25.8 Å². The van der Waals surface area contributed by atoms with Crippen LogP contribution in [0.15, 0.2) is 47.0 Å². The highest BCUT2D eigenvalue weighted by Crippen LogP contribution is 2.30. The molecule has 6 heteroatoms. The van der Waals surface area contributed by atoms with E-state index in [1.165, 1.54) is 11.3 Å². The number of aromatic carboxylic acids is 1. The largest absolute Gasteiger partial charge is 0.478 e. The van der Waals surface area contributed by atoms with Crippen molar-refractivity contribution in [2.75, 3.05) is 13.1 Å². The summed E-state index contributed by atoms with van der Waals surface area (Å²) in [5.74, 6) is 0.968. The Balaban J connectivity index is 1.47. The first kappa shape index (κ1) is 16.6. The van der Waals surface area contributed by atoms with Crippen LogP contribution < -0.4 is 0 Å². The van der Waals surface area contributed by atoms with Crippen LogP contribution in [0, 0.1) is 6.92 Å². The summed E-state index contributed by atoms with van der Waals surface area (Å²) in [6.07, 6.45) is 2.97. The number of carboxylic acid groups (broad SMARTS) is 1. The Morgan fingerprint density at radius 2 is 2.19 bits per heavy atom. The van der Waals surface area contributed by atoms with Crippen molar-refractivity contribution in [3.05, 3.63) is 65.2 Å². The predicted molar refractivity (Wildman–Crippen MR) is 97.1 cm³/mol. The molecule has 3 aromatic rings. The highest BCUT2D eigenvalue weighted by Gasteiger charge is 2.26. The van der Waals surface area contributed by atoms with Crippen molar-refractivity contribution in [3.8, 4) is 11.3 Å². The van der Waals surface area contributed by atoms with E-state index in [-0.39, 0.29) is 5.56 Å². The Morgan fingerprint density at radius 3 is 2.96 bits per heavy atom. The number of likely N-dealkylation sites (tertiary alicyclic amines) is 1. The van der Waals surface area contributed by atoms with Crippen molar-refractivity contribution in [1.82, 2.24) is 15.1 Å². The number of carbonyl (C=O) groups is 1. The van der Waals surface area contributed by atoms with E-state index in [0.29, 0.717) is 17.2 Å². The van der Waals surface area contributed by atoms with Crippen LogP contribution in [0.5, 0.6) is 0 Å². The maximum Gasteiger partial charge on any atom is 0.336 e. The Bertz CT molecular complexity index is 928. The molecule has 0 radical (unpaired) electrons. The van der Waals surface area contributed by atoms with Gasteiger partial charge in [0.15, 0.2) is 0 Å². The lowest BCUT2D eigenvalue weighted by atomic mass is 10.0. The first-order chi connectivity index (χ1) is 12.6. The molecule has 6 nitrogen and oxygen atoms in total. The quantitative estimate of drug-likeness (QED) is 0.733. The zero-order valence-corrected chi connectivity index (χ0v) is 14.6. The minimum atomic E-state index is -0.948. The molecule has 4 rings (SSSR count). The molecule has 0 aliphatic carbocycles. The summed E-state index contributed by atoms with van der Waals surface area (Å²) in [6.45, 7) is 4.77. The molecule has 1 aliphatic heterocycles. The van der Waals surface area contributed by atoms with Crippen LogP contribution in [0.4, 0.5) is 0 Å². The van der Waals surface area contributed by atoms with E-state index in [1.807, 2.05) is 24.4 Å². The molecule has 1 saturated heterocycles. The second-order valence-electron chi connectivity index (χ2n) is 6.80. The number of nitrogens with one attached hydrogen (secondary N) is 1. The Hall–Kier alpha value is -2.86. The van der Waals surface area contributed by atoms with Gasteiger partial charge < -0.3 is 9.52 Å². The predicted octanol–water partition coefficient (Wildman–Crippen LogP) is 3.67. The zero-order chi connectivity index (χ0) is 18.1. The number of rotatable bonds is 5. The third-order valence-electron chi connectivity index (χ3n) is 5.01. The van der Waals surface area contributed by atoms with Crippen LogP contribution in [0.25, 0.3) is 11.3 Å². The van der Waals surface area contributed by atoms with Crippen molar-refractivity contribution >= 4 is 5.97 Å². The number of aromatic amines is 1. The van der Waals surface area contributed by atoms with E-state index >= 15 is 0 Å². The zero-order valence-electron chi connectivity index (χ0n) is 14.6. The van der Waals surface area contributed by atoms with Gasteiger partial charge in [-0.05, 0) is 43.7 Å². The van der Waals surface area contributed by atoms with Crippen LogP contribution in [0.3, 0.4) is 0 Å². The van der Waals surface area contributed by atoms with Gasteiger partial charge in [0, 0.05) is 23.7 Å². The smallest absolute Gasteiger partial charge is 0.336 e. The van der Waals surface area contributed by atoms with Crippen LogP contribution in [-0.2, 0) is 6.54 Å². The molecular formula is C20H21N3O3. The van der Waals surface area contributed by atoms with Gasteiger partial charge >= 0.3 is 5.97 Å². The van der Waals surface area contributed by atoms with Crippen molar-refractivity contribution in [3.63, 3.8) is 0 Å². The second-order valence-corrected chi connectivity index (χ2v) is 6.80. The lowest BCUT2D eigenvalue weighted by molar-refractivity contribution is 0.0697. The van der Waals surface area contributed by atoms with Crippen LogP contribution in [-0.4, -0.2) is 39.3 Å². The summed E-state index contributed by atoms with van der Waals surface area (Å²) in [5, 5.41) is 16.6. The van der Waals surface area contributed by atoms with Gasteiger partial charge in [0.25, 0.3) is 0 Å². The molecule has 0 unspecified atom stereocenters. The molecule has 0 bridgehead atoms. The summed E-state index contributed by atoms with van der Waals surface area (Å²) in [4.78, 5) is 13.8. The minimum absolute atomic E-state index is 0.254. The van der Waals surface area contributed by atoms with Gasteiger partial charge in [-0.1, -0.05) is 18.2 Å². The fourth-order valence-corrected chi connectivity index (χ4v) is 3.69. The van der Waals surface area contributed by atoms with Gasteiger partial charge in [0.1, 0.15) is 11.5 Å². The molecular weight excluding hydrogens is 330 g/mol. The van der Waals surface area contributed by atoms with Crippen LogP contribution >= 0.6 is 0 Å². The molecule has 0 saturated carbocycles. The van der Waals surface area contributed by atoms with Crippen LogP contribution in [0.1, 0.15) is 39.7 Å². The number of furan rings is 1. The van der Waals surface area contributed by atoms with E-state index in [2.05, 4.69) is 22.0 Å². The molecule has 1 aromatic carbocycles. The highest BCUT2D eigenvalue weighted by atomic mass is 16.4. The van der Waals surface area contributed by atoms with Gasteiger partial charge in [-0.3, -0.25) is 10.00 Å². The first-order valence-corrected chi connectivity index (χ1v) is 8.75. The number of nitrogens with zero attached hydrogens (tertiary/aromatic N) is 2. The summed E-state index contributed by atoms with van der Waals surface area (Å²) in [5.41, 5.74) is 3.30. The standard InChI is InChI=1S/C20H21N3O3/c1-13-10-21-22-19(13)14-8-9-23(11-14)12-15-6-7-18(26-15)16-4-2-3-5-17(16)20(24)25/h2-7,10,14H,8-9,11-12H2,1H3,(H,21,22)(H,24,25)/t14-/m0/s1. The molecule has 3 heterocycles. The topological polar surface area (TPSA) is 82.4 Å². The molecule has 1 atom stereocenters. The molecule has 0 spiro atoms. The monoisotopic (exact) mass is 351 g/mol. The second kappa shape index (κ2) is 6.80. The van der Waals surface area contributed by atoms with E-state index in [4.69, 9.17) is 4.42 Å². The minimum Gasteiger partial charge on any atom is -0.478 e. The lowest BCUT2D eigenvalue weighted by Gasteiger charge is -2.14. The fraction of sp³-hybridized carbons (Fsp3) is 0.300. The van der Waals surface area contributed by atoms with E-state index in [9.17, 15) is 9.90 Å². The first-order valence-electron chi connectivity index (χ1n) is 8.75. The van der Waals surface area contributed by atoms with Gasteiger partial charge in [0.2, 0.25) is 0 Å². The average Bonchev–Trinajstić information content (AvgIpc) is 3.36. The summed E-state index contributed by atoms with van der Waals surface area (Å²) < 4.78 is 5.95. The highest BCUT2D eigenvalue weighted by molar-refractivity contribution is 5.95. The van der Waals surface area contributed by atoms with Crippen LogP contribution in [0.2, 0.25) is 0 Å². The van der Waals surface area contributed by atoms with E-state index in [0.717, 1.165) is 31.8 Å². The number of aryl methyl sites for hydroxylation is 1. The average molecular weight is 351 g/mol. The molecule has 134 valence electrons. The molecule has 1 fully saturated rings. The lowest BCUT2D eigenvalue weighted by Crippen LogP contribution is -2.19. The summed E-state index contributed by atoms with van der Waals surface area (Å²) in [7, 11) is 0. The molecule has 0 amide bonds. The van der Waals surface area contributed by atoms with Gasteiger partial charge in [-0.25, -0.2) is 4.79 Å². The summed E-state index contributed by atoms with van der Waals surface area (Å²) in [6, 6.07) is 10.7. The Morgan fingerprint density at radius 1 is 1.35 bits per heavy atom. The normalized spacial score (nSPS) is 17.7. The maximum absolute atomic E-state index is 11.4. The van der Waals surface area contributed by atoms with Crippen molar-refractivity contribution in [2.24, 2.45) is 0 Å². The van der Waals surface area contributed by atoms with Gasteiger partial charge in [0.05, 0.1) is 18.3 Å². The van der Waals surface area contributed by atoms with E-state index in [1.54, 1.807) is 18.2 Å². The number of hydrogen-bond donors (Lipinski definition) is 2. The number of benzene rings is 1. The number of H-pyrrole nitrogens is 1. The van der Waals surface area contributed by atoms with Gasteiger partial charge in [-0.2, -0.15) is 5.10 Å². The Kier molecular flexibility index (Phi) is 4.34. The SMILES string of the molecule is Cc1cn[nH]c1[C@H]1CCN(Cc2ccc(-c3ccccc3C(=O)O)o2)C1. The third-order valence-corrected chi connectivity index (χ3v) is 5.01. The molecule has 2 aromatic heterocycles. The Labute approximate surface area is 151 Å². The summed E-state index contributed by atoms with van der Waals surface area (Å²) >= 11 is 0. The maximum atomic E-state index is 11.4. The number of aromatic nitrogens is 2. The number of carboxylic acids is 1. The molecule has 1 aliphatic rings. The number of hydrogen-bond acceptors (Lipinski definition) is 4.